The average molecular weight is 247 g/mol. The second-order valence-electron chi connectivity index (χ2n) is 3.66. The number of furan rings is 1. The highest BCUT2D eigenvalue weighted by Crippen LogP contribution is 2.11. The molecule has 0 unspecified atom stereocenters. The first-order chi connectivity index (χ1) is 8.69. The van der Waals surface area contributed by atoms with Gasteiger partial charge in [-0.05, 0) is 19.1 Å². The minimum Gasteiger partial charge on any atom is -0.463 e. The van der Waals surface area contributed by atoms with Crippen molar-refractivity contribution in [3.63, 3.8) is 0 Å². The molecule has 6 nitrogen and oxygen atoms in total. The van der Waals surface area contributed by atoms with Gasteiger partial charge in [-0.3, -0.25) is 4.98 Å². The Morgan fingerprint density at radius 1 is 1.44 bits per heavy atom. The number of hydrogen-bond donors (Lipinski definition) is 1. The summed E-state index contributed by atoms with van der Waals surface area (Å²) in [6.07, 6.45) is 3.30. The van der Waals surface area contributed by atoms with Gasteiger partial charge in [0.2, 0.25) is 5.76 Å². The summed E-state index contributed by atoms with van der Waals surface area (Å²) in [6.45, 7) is 2.29. The maximum atomic E-state index is 11.2. The summed E-state index contributed by atoms with van der Waals surface area (Å²) in [5.74, 6) is 0.978. The molecule has 0 aliphatic heterocycles. The number of hydrogen-bond acceptors (Lipinski definition) is 6. The third-order valence-corrected chi connectivity index (χ3v) is 2.25. The zero-order valence-electron chi connectivity index (χ0n) is 10.1. The molecule has 18 heavy (non-hydrogen) atoms. The van der Waals surface area contributed by atoms with E-state index in [4.69, 9.17) is 4.42 Å². The molecule has 0 saturated heterocycles. The number of aromatic nitrogens is 2. The summed E-state index contributed by atoms with van der Waals surface area (Å²) < 4.78 is 9.86. The van der Waals surface area contributed by atoms with E-state index in [0.717, 1.165) is 5.69 Å². The Morgan fingerprint density at radius 3 is 3.00 bits per heavy atom. The number of rotatable bonds is 4. The Morgan fingerprint density at radius 2 is 2.28 bits per heavy atom. The smallest absolute Gasteiger partial charge is 0.373 e. The Bertz CT molecular complexity index is 551. The van der Waals surface area contributed by atoms with Crippen molar-refractivity contribution in [2.24, 2.45) is 0 Å². The minimum atomic E-state index is -0.489. The number of nitrogens with one attached hydrogen (secondary N) is 1. The van der Waals surface area contributed by atoms with Gasteiger partial charge >= 0.3 is 5.97 Å². The molecule has 6 heteroatoms. The van der Waals surface area contributed by atoms with Gasteiger partial charge in [-0.15, -0.1) is 0 Å². The van der Waals surface area contributed by atoms with Crippen LogP contribution in [-0.2, 0) is 11.3 Å². The molecule has 0 spiro atoms. The van der Waals surface area contributed by atoms with Gasteiger partial charge in [0.25, 0.3) is 0 Å². The van der Waals surface area contributed by atoms with Gasteiger partial charge in [-0.25, -0.2) is 9.78 Å². The van der Waals surface area contributed by atoms with Crippen molar-refractivity contribution < 1.29 is 13.9 Å². The SMILES string of the molecule is COC(=O)c1ccc(CNc2cncc(C)n2)o1. The first-order valence-corrected chi connectivity index (χ1v) is 5.38. The molecular weight excluding hydrogens is 234 g/mol. The summed E-state index contributed by atoms with van der Waals surface area (Å²) >= 11 is 0. The van der Waals surface area contributed by atoms with Gasteiger partial charge in [-0.2, -0.15) is 0 Å². The highest BCUT2D eigenvalue weighted by atomic mass is 16.5. The quantitative estimate of drug-likeness (QED) is 0.830. The van der Waals surface area contributed by atoms with Gasteiger partial charge in [0, 0.05) is 6.20 Å². The van der Waals surface area contributed by atoms with E-state index >= 15 is 0 Å². The highest BCUT2D eigenvalue weighted by Gasteiger charge is 2.10. The maximum absolute atomic E-state index is 11.2. The molecule has 0 bridgehead atoms. The number of nitrogens with zero attached hydrogens (tertiary/aromatic N) is 2. The number of ether oxygens (including phenoxy) is 1. The Labute approximate surface area is 104 Å². The fraction of sp³-hybridized carbons (Fsp3) is 0.250. The summed E-state index contributed by atoms with van der Waals surface area (Å²) in [6, 6.07) is 3.28. The van der Waals surface area contributed by atoms with Crippen molar-refractivity contribution in [2.75, 3.05) is 12.4 Å². The molecule has 2 aromatic rings. The van der Waals surface area contributed by atoms with Crippen molar-refractivity contribution in [1.82, 2.24) is 9.97 Å². The zero-order chi connectivity index (χ0) is 13.0. The van der Waals surface area contributed by atoms with Crippen molar-refractivity contribution in [3.05, 3.63) is 41.7 Å². The summed E-state index contributed by atoms with van der Waals surface area (Å²) in [4.78, 5) is 19.4. The lowest BCUT2D eigenvalue weighted by atomic mass is 10.4. The minimum absolute atomic E-state index is 0.185. The second-order valence-corrected chi connectivity index (χ2v) is 3.66. The molecule has 1 N–H and O–H groups in total. The van der Waals surface area contributed by atoms with Gasteiger partial charge in [0.05, 0.1) is 25.5 Å². The topological polar surface area (TPSA) is 77.2 Å². The summed E-state index contributed by atoms with van der Waals surface area (Å²) in [5.41, 5.74) is 0.828. The monoisotopic (exact) mass is 247 g/mol. The maximum Gasteiger partial charge on any atom is 0.373 e. The number of carbonyl (C=O) groups excluding carboxylic acids is 1. The van der Waals surface area contributed by atoms with Gasteiger partial charge < -0.3 is 14.5 Å². The van der Waals surface area contributed by atoms with Crippen LogP contribution in [-0.4, -0.2) is 23.0 Å². The average Bonchev–Trinajstić information content (AvgIpc) is 2.84. The van der Waals surface area contributed by atoms with E-state index in [2.05, 4.69) is 20.0 Å². The third kappa shape index (κ3) is 2.85. The molecule has 94 valence electrons. The van der Waals surface area contributed by atoms with Crippen LogP contribution in [0.1, 0.15) is 22.0 Å². The Hall–Kier alpha value is -2.37. The first-order valence-electron chi connectivity index (χ1n) is 5.38. The fourth-order valence-corrected chi connectivity index (χ4v) is 1.41. The normalized spacial score (nSPS) is 10.1. The zero-order valence-corrected chi connectivity index (χ0v) is 10.1. The van der Waals surface area contributed by atoms with E-state index < -0.39 is 5.97 Å². The first kappa shape index (κ1) is 12.1. The van der Waals surface area contributed by atoms with Crippen LogP contribution in [0.3, 0.4) is 0 Å². The molecule has 0 aliphatic rings. The van der Waals surface area contributed by atoms with Crippen molar-refractivity contribution in [3.8, 4) is 0 Å². The van der Waals surface area contributed by atoms with Crippen LogP contribution < -0.4 is 5.32 Å². The van der Waals surface area contributed by atoms with Gasteiger partial charge in [-0.1, -0.05) is 0 Å². The molecule has 0 radical (unpaired) electrons. The predicted octanol–water partition coefficient (Wildman–Crippen LogP) is 1.78. The number of anilines is 1. The van der Waals surface area contributed by atoms with Crippen molar-refractivity contribution in [1.29, 1.82) is 0 Å². The van der Waals surface area contributed by atoms with E-state index in [0.29, 0.717) is 18.1 Å². The van der Waals surface area contributed by atoms with Crippen molar-refractivity contribution >= 4 is 11.8 Å². The molecule has 0 fully saturated rings. The van der Waals surface area contributed by atoms with E-state index in [-0.39, 0.29) is 5.76 Å². The van der Waals surface area contributed by atoms with Crippen LogP contribution in [0.25, 0.3) is 0 Å². The van der Waals surface area contributed by atoms with Crippen LogP contribution in [0.15, 0.2) is 28.9 Å². The third-order valence-electron chi connectivity index (χ3n) is 2.25. The van der Waals surface area contributed by atoms with Crippen LogP contribution in [0.5, 0.6) is 0 Å². The molecule has 0 atom stereocenters. The number of esters is 1. The molecule has 0 amide bonds. The fourth-order valence-electron chi connectivity index (χ4n) is 1.41. The number of methoxy groups -OCH3 is 1. The number of aryl methyl sites for hydroxylation is 1. The summed E-state index contributed by atoms with van der Waals surface area (Å²) in [5, 5.41) is 3.05. The molecule has 0 aliphatic carbocycles. The largest absolute Gasteiger partial charge is 0.463 e. The van der Waals surface area contributed by atoms with E-state index in [1.165, 1.54) is 7.11 Å². The van der Waals surface area contributed by atoms with Gasteiger partial charge in [0.15, 0.2) is 0 Å². The molecule has 0 saturated carbocycles. The standard InChI is InChI=1S/C12H13N3O3/c1-8-5-13-7-11(15-8)14-6-9-3-4-10(18-9)12(16)17-2/h3-5,7H,6H2,1-2H3,(H,14,15). The highest BCUT2D eigenvalue weighted by molar-refractivity contribution is 5.86. The van der Waals surface area contributed by atoms with E-state index in [9.17, 15) is 4.79 Å². The lowest BCUT2D eigenvalue weighted by molar-refractivity contribution is 0.0563. The Balaban J connectivity index is 1.98. The Kier molecular flexibility index (Phi) is 3.57. The van der Waals surface area contributed by atoms with Crippen LogP contribution >= 0.6 is 0 Å². The second kappa shape index (κ2) is 5.31. The van der Waals surface area contributed by atoms with E-state index in [1.54, 1.807) is 24.5 Å². The molecular formula is C12H13N3O3. The molecule has 2 heterocycles. The lowest BCUT2D eigenvalue weighted by Crippen LogP contribution is -2.02. The molecule has 0 aromatic carbocycles. The number of carbonyl (C=O) groups is 1. The van der Waals surface area contributed by atoms with Crippen LogP contribution in [0.4, 0.5) is 5.82 Å². The van der Waals surface area contributed by atoms with Crippen LogP contribution in [0, 0.1) is 6.92 Å². The van der Waals surface area contributed by atoms with E-state index in [1.807, 2.05) is 6.92 Å². The molecule has 2 rings (SSSR count). The lowest BCUT2D eigenvalue weighted by Gasteiger charge is -2.03. The molecule has 2 aromatic heterocycles. The van der Waals surface area contributed by atoms with Crippen LogP contribution in [0.2, 0.25) is 0 Å². The summed E-state index contributed by atoms with van der Waals surface area (Å²) in [7, 11) is 1.31. The van der Waals surface area contributed by atoms with Crippen molar-refractivity contribution in [2.45, 2.75) is 13.5 Å². The van der Waals surface area contributed by atoms with Gasteiger partial charge in [0.1, 0.15) is 11.6 Å². The predicted molar refractivity (Wildman–Crippen MR) is 64.1 cm³/mol.